The SMILES string of the molecule is CC1(C)O[C@H]2[C@H](c3ccc4c(N)ncnn34)O[C@@](CO)(CF)[C@H]2O1.Cl.Nc1ncnn2c([C@@H]3O[C@@](CO)(CF)[C@@H](O)[C@H]3O)ccc12. The highest BCUT2D eigenvalue weighted by Crippen LogP contribution is 2.50. The third-order valence-electron chi connectivity index (χ3n) is 8.43. The van der Waals surface area contributed by atoms with Crippen molar-refractivity contribution < 1.29 is 48.2 Å². The van der Waals surface area contributed by atoms with Crippen LogP contribution in [0.15, 0.2) is 36.9 Å². The first-order valence-corrected chi connectivity index (χ1v) is 14.0. The number of halogens is 3. The van der Waals surface area contributed by atoms with Gasteiger partial charge < -0.3 is 50.8 Å². The van der Waals surface area contributed by atoms with Gasteiger partial charge in [-0.25, -0.2) is 27.8 Å². The van der Waals surface area contributed by atoms with Gasteiger partial charge in [-0.05, 0) is 38.1 Å². The number of aliphatic hydroxyl groups excluding tert-OH is 4. The topological polar surface area (TPSA) is 230 Å². The molecule has 0 aliphatic carbocycles. The van der Waals surface area contributed by atoms with Crippen molar-refractivity contribution in [2.75, 3.05) is 38.0 Å². The summed E-state index contributed by atoms with van der Waals surface area (Å²) in [6, 6.07) is 6.76. The molecule has 3 aliphatic rings. The van der Waals surface area contributed by atoms with Crippen LogP contribution in [0.25, 0.3) is 11.0 Å². The van der Waals surface area contributed by atoms with Crippen LogP contribution in [0.5, 0.6) is 0 Å². The summed E-state index contributed by atoms with van der Waals surface area (Å²) in [6.45, 7) is 0.220. The van der Waals surface area contributed by atoms with E-state index >= 15 is 0 Å². The van der Waals surface area contributed by atoms with Crippen molar-refractivity contribution in [1.29, 1.82) is 0 Å². The summed E-state index contributed by atoms with van der Waals surface area (Å²) in [7, 11) is 0. The highest BCUT2D eigenvalue weighted by atomic mass is 35.5. The van der Waals surface area contributed by atoms with Gasteiger partial charge in [0, 0.05) is 0 Å². The van der Waals surface area contributed by atoms with Crippen molar-refractivity contribution in [2.45, 2.75) is 67.5 Å². The second kappa shape index (κ2) is 12.4. The van der Waals surface area contributed by atoms with Crippen molar-refractivity contribution in [2.24, 2.45) is 0 Å². The van der Waals surface area contributed by atoms with E-state index in [0.29, 0.717) is 28.2 Å². The summed E-state index contributed by atoms with van der Waals surface area (Å²) in [6.07, 6.45) is -3.38. The average molecular weight is 673 g/mol. The van der Waals surface area contributed by atoms with Gasteiger partial charge in [0.05, 0.1) is 24.6 Å². The summed E-state index contributed by atoms with van der Waals surface area (Å²) in [5.74, 6) is -0.328. The van der Waals surface area contributed by atoms with Gasteiger partial charge in [-0.1, -0.05) is 0 Å². The predicted octanol–water partition coefficient (Wildman–Crippen LogP) is -0.169. The van der Waals surface area contributed by atoms with E-state index in [9.17, 15) is 29.2 Å². The van der Waals surface area contributed by atoms with Crippen molar-refractivity contribution in [3.8, 4) is 0 Å². The van der Waals surface area contributed by atoms with E-state index in [4.69, 9.17) is 30.4 Å². The lowest BCUT2D eigenvalue weighted by Gasteiger charge is -2.30. The highest BCUT2D eigenvalue weighted by molar-refractivity contribution is 5.85. The molecular formula is C27H35ClF2N8O8. The molecule has 0 radical (unpaired) electrons. The van der Waals surface area contributed by atoms with Gasteiger partial charge in [0.2, 0.25) is 0 Å². The molecule has 0 amide bonds. The monoisotopic (exact) mass is 672 g/mol. The van der Waals surface area contributed by atoms with Gasteiger partial charge in [0.15, 0.2) is 17.4 Å². The van der Waals surface area contributed by atoms with Gasteiger partial charge in [-0.2, -0.15) is 10.2 Å². The zero-order chi connectivity index (χ0) is 32.3. The lowest BCUT2D eigenvalue weighted by molar-refractivity contribution is -0.220. The molecule has 0 spiro atoms. The van der Waals surface area contributed by atoms with Crippen LogP contribution < -0.4 is 11.5 Å². The minimum atomic E-state index is -1.84. The maximum Gasteiger partial charge on any atom is 0.164 e. The molecule has 3 aliphatic heterocycles. The second-order valence-corrected chi connectivity index (χ2v) is 11.6. The van der Waals surface area contributed by atoms with E-state index in [2.05, 4.69) is 20.2 Å². The smallest absolute Gasteiger partial charge is 0.164 e. The summed E-state index contributed by atoms with van der Waals surface area (Å²) < 4.78 is 53.0. The lowest BCUT2D eigenvalue weighted by atomic mass is 9.96. The zero-order valence-corrected chi connectivity index (χ0v) is 25.5. The molecule has 8 N–H and O–H groups in total. The minimum Gasteiger partial charge on any atom is -0.393 e. The Morgan fingerprint density at radius 2 is 1.28 bits per heavy atom. The molecule has 0 aromatic carbocycles. The van der Waals surface area contributed by atoms with Crippen LogP contribution in [-0.2, 0) is 18.9 Å². The van der Waals surface area contributed by atoms with E-state index in [1.54, 1.807) is 42.6 Å². The predicted molar refractivity (Wildman–Crippen MR) is 157 cm³/mol. The van der Waals surface area contributed by atoms with Gasteiger partial charge in [-0.15, -0.1) is 12.4 Å². The fourth-order valence-electron chi connectivity index (χ4n) is 6.08. The molecule has 8 atom stereocenters. The Bertz CT molecular complexity index is 1690. The van der Waals surface area contributed by atoms with E-state index in [1.165, 1.54) is 17.2 Å². The van der Waals surface area contributed by atoms with E-state index in [-0.39, 0.29) is 18.2 Å². The number of nitrogen functional groups attached to an aromatic ring is 2. The van der Waals surface area contributed by atoms with Crippen LogP contribution in [0, 0.1) is 0 Å². The van der Waals surface area contributed by atoms with Crippen LogP contribution in [0.3, 0.4) is 0 Å². The molecular weight excluding hydrogens is 638 g/mol. The number of nitrogens with zero attached hydrogens (tertiary/aromatic N) is 6. The van der Waals surface area contributed by atoms with Gasteiger partial charge in [-0.3, -0.25) is 0 Å². The molecule has 0 bridgehead atoms. The van der Waals surface area contributed by atoms with Gasteiger partial charge >= 0.3 is 0 Å². The van der Waals surface area contributed by atoms with Gasteiger partial charge in [0.25, 0.3) is 0 Å². The molecule has 252 valence electrons. The van der Waals surface area contributed by atoms with Crippen LogP contribution in [-0.4, -0.2) is 118 Å². The maximum atomic E-state index is 13.8. The van der Waals surface area contributed by atoms with Crippen LogP contribution >= 0.6 is 12.4 Å². The number of nitrogens with two attached hydrogens (primary N) is 2. The Morgan fingerprint density at radius 1 is 0.783 bits per heavy atom. The Labute approximate surface area is 266 Å². The number of hydrogen-bond acceptors (Lipinski definition) is 14. The number of aliphatic hydroxyl groups is 4. The molecule has 16 nitrogen and oxygen atoms in total. The largest absolute Gasteiger partial charge is 0.393 e. The minimum absolute atomic E-state index is 0. The maximum absolute atomic E-state index is 13.8. The lowest BCUT2D eigenvalue weighted by Crippen LogP contribution is -2.48. The molecule has 0 saturated carbocycles. The summed E-state index contributed by atoms with van der Waals surface area (Å²) in [5.41, 5.74) is 10.4. The van der Waals surface area contributed by atoms with Crippen molar-refractivity contribution >= 4 is 35.1 Å². The quantitative estimate of drug-likeness (QED) is 0.156. The van der Waals surface area contributed by atoms with E-state index in [0.717, 1.165) is 0 Å². The molecule has 0 unspecified atom stereocenters. The molecule has 19 heteroatoms. The van der Waals surface area contributed by atoms with Crippen LogP contribution in [0.2, 0.25) is 0 Å². The number of alkyl halides is 2. The van der Waals surface area contributed by atoms with E-state index < -0.39 is 80.2 Å². The van der Waals surface area contributed by atoms with Crippen molar-refractivity contribution in [3.63, 3.8) is 0 Å². The average Bonchev–Trinajstić information content (AvgIpc) is 3.83. The van der Waals surface area contributed by atoms with E-state index in [1.807, 2.05) is 0 Å². The number of aromatic nitrogens is 6. The number of ether oxygens (including phenoxy) is 4. The number of fused-ring (bicyclic) bond motifs is 3. The molecule has 46 heavy (non-hydrogen) atoms. The number of hydrogen-bond donors (Lipinski definition) is 6. The molecule has 4 aromatic heterocycles. The molecule has 4 aromatic rings. The first-order valence-electron chi connectivity index (χ1n) is 14.0. The Hall–Kier alpha value is -3.33. The normalized spacial score (nSPS) is 33.1. The van der Waals surface area contributed by atoms with Crippen LogP contribution in [0.4, 0.5) is 20.4 Å². The first kappa shape index (κ1) is 34.0. The first-order chi connectivity index (χ1) is 21.4. The fraction of sp³-hybridized carbons (Fsp3) is 0.556. The van der Waals surface area contributed by atoms with Crippen molar-refractivity contribution in [3.05, 3.63) is 48.3 Å². The third kappa shape index (κ3) is 5.23. The number of anilines is 2. The van der Waals surface area contributed by atoms with Gasteiger partial charge in [0.1, 0.15) is 84.9 Å². The standard InChI is InChI=1S/C15H19FN4O4.C12H15FN4O4.ClH/c1-14(2)22-11-10(23-15(5-16,6-21)12(11)24-14)8-3-4-9-13(17)18-7-19-20(8)9;13-3-12(4-18)10(20)8(19)9(21-12)6-1-2-7-11(14)15-5-16-17(6)7;/h3-4,7,10-12,21H,5-6H2,1-2H3,(H2,17,18,19);1-2,5,8-10,18-20H,3-4H2,(H2,14,15,16);1H/t10-,11-,12-,15+;8-,9-,10-,12+;/m00./s1. The number of rotatable bonds is 6. The van der Waals surface area contributed by atoms with Crippen molar-refractivity contribution in [1.82, 2.24) is 29.2 Å². The second-order valence-electron chi connectivity index (χ2n) is 11.6. The molecule has 3 fully saturated rings. The summed E-state index contributed by atoms with van der Waals surface area (Å²) in [5, 5.41) is 47.3. The third-order valence-corrected chi connectivity index (χ3v) is 8.43. The molecule has 7 rings (SSSR count). The summed E-state index contributed by atoms with van der Waals surface area (Å²) >= 11 is 0. The molecule has 3 saturated heterocycles. The fourth-order valence-corrected chi connectivity index (χ4v) is 6.08. The Balaban J connectivity index is 0.000000179. The Morgan fingerprint density at radius 3 is 1.76 bits per heavy atom. The zero-order valence-electron chi connectivity index (χ0n) is 24.7. The summed E-state index contributed by atoms with van der Waals surface area (Å²) in [4.78, 5) is 7.78. The molecule has 7 heterocycles. The van der Waals surface area contributed by atoms with Crippen LogP contribution in [0.1, 0.15) is 37.4 Å². The highest BCUT2D eigenvalue weighted by Gasteiger charge is 2.63. The Kier molecular flexibility index (Phi) is 9.14.